The molecule has 1 aromatic rings. The highest BCUT2D eigenvalue weighted by molar-refractivity contribution is 5.36. The molecule has 1 rings (SSSR count). The van der Waals surface area contributed by atoms with Crippen LogP contribution >= 0.6 is 0 Å². The lowest BCUT2D eigenvalue weighted by Gasteiger charge is -2.03. The van der Waals surface area contributed by atoms with Crippen LogP contribution in [0.1, 0.15) is 12.1 Å². The molecule has 0 unspecified atom stereocenters. The Labute approximate surface area is 77.0 Å². The fourth-order valence-corrected chi connectivity index (χ4v) is 0.811. The lowest BCUT2D eigenvalue weighted by atomic mass is 10.3. The molecule has 0 atom stereocenters. The van der Waals surface area contributed by atoms with Crippen molar-refractivity contribution < 1.29 is 4.74 Å². The maximum atomic E-state index is 8.64. The van der Waals surface area contributed by atoms with E-state index < -0.39 is 0 Å². The maximum absolute atomic E-state index is 8.64. The van der Waals surface area contributed by atoms with Gasteiger partial charge in [-0.3, -0.25) is 0 Å². The Kier molecular flexibility index (Phi) is 3.35. The lowest BCUT2D eigenvalue weighted by Crippen LogP contribution is -1.98. The first-order chi connectivity index (χ1) is 6.38. The highest BCUT2D eigenvalue weighted by atomic mass is 16.5. The van der Waals surface area contributed by atoms with Crippen molar-refractivity contribution in [3.8, 4) is 24.2 Å². The molecular formula is C10H8N2O. The summed E-state index contributed by atoms with van der Waals surface area (Å²) in [5.74, 6) is 2.93. The smallest absolute Gasteiger partial charge is 0.182 e. The van der Waals surface area contributed by atoms with Crippen molar-refractivity contribution >= 4 is 0 Å². The van der Waals surface area contributed by atoms with Crippen molar-refractivity contribution in [3.63, 3.8) is 0 Å². The van der Waals surface area contributed by atoms with Gasteiger partial charge in [0, 0.05) is 12.6 Å². The van der Waals surface area contributed by atoms with Crippen LogP contribution in [0.2, 0.25) is 0 Å². The number of rotatable bonds is 3. The molecule has 0 bridgehead atoms. The number of terminal acetylenes is 1. The molecule has 0 N–H and O–H groups in total. The van der Waals surface area contributed by atoms with Gasteiger partial charge in [-0.25, -0.2) is 4.98 Å². The van der Waals surface area contributed by atoms with Gasteiger partial charge in [0.15, 0.2) is 11.4 Å². The lowest BCUT2D eigenvalue weighted by molar-refractivity contribution is 0.325. The molecule has 64 valence electrons. The Morgan fingerprint density at radius 3 is 3.15 bits per heavy atom. The van der Waals surface area contributed by atoms with Crippen molar-refractivity contribution in [3.05, 3.63) is 24.0 Å². The quantitative estimate of drug-likeness (QED) is 0.510. The Bertz CT molecular complexity index is 360. The molecule has 0 fully saturated rings. The van der Waals surface area contributed by atoms with Gasteiger partial charge in [0.05, 0.1) is 6.61 Å². The largest absolute Gasteiger partial charge is 0.490 e. The van der Waals surface area contributed by atoms with Crippen molar-refractivity contribution in [2.24, 2.45) is 0 Å². The third-order valence-electron chi connectivity index (χ3n) is 1.38. The minimum atomic E-state index is 0.291. The predicted octanol–water partition coefficient (Wildman–Crippen LogP) is 1.36. The van der Waals surface area contributed by atoms with Crippen LogP contribution in [0.25, 0.3) is 0 Å². The molecule has 1 heterocycles. The zero-order valence-corrected chi connectivity index (χ0v) is 7.03. The highest BCUT2D eigenvalue weighted by Gasteiger charge is 2.01. The van der Waals surface area contributed by atoms with E-state index in [4.69, 9.17) is 16.4 Å². The Morgan fingerprint density at radius 2 is 2.46 bits per heavy atom. The van der Waals surface area contributed by atoms with Gasteiger partial charge in [-0.15, -0.1) is 12.3 Å². The van der Waals surface area contributed by atoms with Crippen LogP contribution in [0, 0.1) is 23.7 Å². The van der Waals surface area contributed by atoms with E-state index in [9.17, 15) is 0 Å². The number of hydrogen-bond donors (Lipinski definition) is 0. The van der Waals surface area contributed by atoms with Gasteiger partial charge in [0.2, 0.25) is 0 Å². The van der Waals surface area contributed by atoms with E-state index in [2.05, 4.69) is 10.9 Å². The second-order valence-corrected chi connectivity index (χ2v) is 2.26. The third-order valence-corrected chi connectivity index (χ3v) is 1.38. The summed E-state index contributed by atoms with van der Waals surface area (Å²) >= 11 is 0. The monoisotopic (exact) mass is 172 g/mol. The van der Waals surface area contributed by atoms with Gasteiger partial charge in [-0.2, -0.15) is 5.26 Å². The van der Waals surface area contributed by atoms with Crippen LogP contribution in [-0.4, -0.2) is 11.6 Å². The van der Waals surface area contributed by atoms with Gasteiger partial charge in [-0.1, -0.05) is 0 Å². The SMILES string of the molecule is C#CCCOc1cccnc1C#N. The van der Waals surface area contributed by atoms with Gasteiger partial charge in [-0.05, 0) is 12.1 Å². The number of ether oxygens (including phenoxy) is 1. The molecule has 0 amide bonds. The number of aromatic nitrogens is 1. The number of nitriles is 1. The van der Waals surface area contributed by atoms with Crippen LogP contribution in [0.4, 0.5) is 0 Å². The van der Waals surface area contributed by atoms with Crippen LogP contribution in [0.15, 0.2) is 18.3 Å². The molecule has 0 radical (unpaired) electrons. The van der Waals surface area contributed by atoms with Crippen LogP contribution < -0.4 is 4.74 Å². The first-order valence-corrected chi connectivity index (χ1v) is 3.80. The Balaban J connectivity index is 2.67. The molecule has 0 aliphatic rings. The summed E-state index contributed by atoms with van der Waals surface area (Å²) in [5.41, 5.74) is 0.291. The first kappa shape index (κ1) is 9.09. The normalized spacial score (nSPS) is 8.46. The summed E-state index contributed by atoms with van der Waals surface area (Å²) in [6, 6.07) is 5.35. The molecular weight excluding hydrogens is 164 g/mol. The van der Waals surface area contributed by atoms with E-state index in [0.717, 1.165) is 0 Å². The minimum absolute atomic E-state index is 0.291. The van der Waals surface area contributed by atoms with E-state index in [1.54, 1.807) is 18.3 Å². The van der Waals surface area contributed by atoms with E-state index in [-0.39, 0.29) is 0 Å². The van der Waals surface area contributed by atoms with E-state index in [1.165, 1.54) is 0 Å². The van der Waals surface area contributed by atoms with Crippen LogP contribution in [0.3, 0.4) is 0 Å². The average Bonchev–Trinajstić information content (AvgIpc) is 2.19. The fraction of sp³-hybridized carbons (Fsp3) is 0.200. The molecule has 1 aromatic heterocycles. The van der Waals surface area contributed by atoms with Gasteiger partial charge in [0.1, 0.15) is 6.07 Å². The third kappa shape index (κ3) is 2.50. The van der Waals surface area contributed by atoms with E-state index in [1.807, 2.05) is 6.07 Å². The minimum Gasteiger partial charge on any atom is -0.490 e. The van der Waals surface area contributed by atoms with Crippen molar-refractivity contribution in [1.82, 2.24) is 4.98 Å². The molecule has 3 nitrogen and oxygen atoms in total. The van der Waals surface area contributed by atoms with E-state index in [0.29, 0.717) is 24.5 Å². The van der Waals surface area contributed by atoms with Crippen molar-refractivity contribution in [2.45, 2.75) is 6.42 Å². The summed E-state index contributed by atoms with van der Waals surface area (Å²) in [4.78, 5) is 3.84. The fourth-order valence-electron chi connectivity index (χ4n) is 0.811. The van der Waals surface area contributed by atoms with Crippen molar-refractivity contribution in [2.75, 3.05) is 6.61 Å². The number of hydrogen-bond acceptors (Lipinski definition) is 3. The van der Waals surface area contributed by atoms with E-state index >= 15 is 0 Å². The molecule has 0 saturated heterocycles. The molecule has 0 aliphatic carbocycles. The first-order valence-electron chi connectivity index (χ1n) is 3.80. The molecule has 3 heteroatoms. The van der Waals surface area contributed by atoms with Crippen LogP contribution in [-0.2, 0) is 0 Å². The zero-order valence-electron chi connectivity index (χ0n) is 7.03. The van der Waals surface area contributed by atoms with Gasteiger partial charge in [0.25, 0.3) is 0 Å². The summed E-state index contributed by atoms with van der Waals surface area (Å²) in [6.45, 7) is 0.414. The Morgan fingerprint density at radius 1 is 1.62 bits per heavy atom. The highest BCUT2D eigenvalue weighted by Crippen LogP contribution is 2.13. The summed E-state index contributed by atoms with van der Waals surface area (Å²) in [7, 11) is 0. The predicted molar refractivity (Wildman–Crippen MR) is 47.9 cm³/mol. The molecule has 0 aliphatic heterocycles. The molecule has 0 aromatic carbocycles. The van der Waals surface area contributed by atoms with Crippen molar-refractivity contribution in [1.29, 1.82) is 5.26 Å². The maximum Gasteiger partial charge on any atom is 0.182 e. The standard InChI is InChI=1S/C10H8N2O/c1-2-3-7-13-10-5-4-6-12-9(10)8-11/h1,4-6H,3,7H2. The Hall–Kier alpha value is -2.00. The number of nitrogens with zero attached hydrogens (tertiary/aromatic N) is 2. The van der Waals surface area contributed by atoms with Crippen LogP contribution in [0.5, 0.6) is 5.75 Å². The summed E-state index contributed by atoms with van der Waals surface area (Å²) < 4.78 is 5.24. The zero-order chi connectivity index (χ0) is 9.52. The second kappa shape index (κ2) is 4.79. The molecule has 0 saturated carbocycles. The summed E-state index contributed by atoms with van der Waals surface area (Å²) in [6.07, 6.45) is 7.13. The van der Waals surface area contributed by atoms with Gasteiger partial charge >= 0.3 is 0 Å². The molecule has 0 spiro atoms. The topological polar surface area (TPSA) is 45.9 Å². The molecule has 13 heavy (non-hydrogen) atoms. The van der Waals surface area contributed by atoms with Gasteiger partial charge < -0.3 is 4.74 Å². The second-order valence-electron chi connectivity index (χ2n) is 2.26. The number of pyridine rings is 1. The summed E-state index contributed by atoms with van der Waals surface area (Å²) in [5, 5.41) is 8.64. The average molecular weight is 172 g/mol.